The molecule has 0 unspecified atom stereocenters. The van der Waals surface area contributed by atoms with Gasteiger partial charge in [0.2, 0.25) is 0 Å². The first-order valence-electron chi connectivity index (χ1n) is 6.40. The number of nitrogens with two attached hydrogens (primary N) is 1. The number of carbonyl (C=O) groups excluding carboxylic acids is 1. The minimum absolute atomic E-state index is 0.0463. The second-order valence-electron chi connectivity index (χ2n) is 4.89. The molecular weight excluding hydrogens is 308 g/mol. The van der Waals surface area contributed by atoms with Crippen molar-refractivity contribution in [2.75, 3.05) is 26.0 Å². The summed E-state index contributed by atoms with van der Waals surface area (Å²) in [5.74, 6) is 0.0463. The van der Waals surface area contributed by atoms with Crippen LogP contribution in [0.5, 0.6) is 0 Å². The lowest BCUT2D eigenvalue weighted by atomic mass is 10.1. The Bertz CT molecular complexity index is 487. The first-order valence-corrected chi connectivity index (χ1v) is 7.19. The van der Waals surface area contributed by atoms with Crippen molar-refractivity contribution >= 4 is 27.5 Å². The number of nitrogen functional groups attached to an aromatic ring is 1. The minimum Gasteiger partial charge on any atom is -0.398 e. The first kappa shape index (κ1) is 14.3. The molecule has 1 aliphatic carbocycles. The van der Waals surface area contributed by atoms with Crippen molar-refractivity contribution in [1.82, 2.24) is 4.90 Å². The predicted octanol–water partition coefficient (Wildman–Crippen LogP) is 2.59. The van der Waals surface area contributed by atoms with E-state index in [9.17, 15) is 4.79 Å². The van der Waals surface area contributed by atoms with Crippen molar-refractivity contribution in [1.29, 1.82) is 0 Å². The number of halogens is 1. The first-order chi connectivity index (χ1) is 9.04. The number of anilines is 1. The zero-order valence-corrected chi connectivity index (χ0v) is 12.9. The van der Waals surface area contributed by atoms with Crippen LogP contribution in [-0.4, -0.2) is 37.1 Å². The van der Waals surface area contributed by atoms with E-state index >= 15 is 0 Å². The van der Waals surface area contributed by atoms with Gasteiger partial charge >= 0.3 is 0 Å². The molecule has 0 bridgehead atoms. The van der Waals surface area contributed by atoms with Gasteiger partial charge in [0, 0.05) is 35.4 Å². The van der Waals surface area contributed by atoms with E-state index < -0.39 is 0 Å². The van der Waals surface area contributed by atoms with Crippen molar-refractivity contribution in [2.45, 2.75) is 25.8 Å². The van der Waals surface area contributed by atoms with Gasteiger partial charge in [0.25, 0.3) is 5.91 Å². The van der Waals surface area contributed by atoms with Gasteiger partial charge in [0.1, 0.15) is 0 Å². The van der Waals surface area contributed by atoms with Crippen molar-refractivity contribution in [3.8, 4) is 0 Å². The summed E-state index contributed by atoms with van der Waals surface area (Å²) in [6.07, 6.45) is 2.16. The average molecular weight is 327 g/mol. The van der Waals surface area contributed by atoms with Crippen LogP contribution < -0.4 is 5.73 Å². The molecule has 2 N–H and O–H groups in total. The van der Waals surface area contributed by atoms with Crippen LogP contribution in [0, 0.1) is 6.92 Å². The third-order valence-electron chi connectivity index (χ3n) is 3.43. The van der Waals surface area contributed by atoms with Gasteiger partial charge in [-0.25, -0.2) is 0 Å². The van der Waals surface area contributed by atoms with Gasteiger partial charge in [-0.3, -0.25) is 4.79 Å². The van der Waals surface area contributed by atoms with Crippen LogP contribution >= 0.6 is 15.9 Å². The van der Waals surface area contributed by atoms with Gasteiger partial charge < -0.3 is 15.4 Å². The summed E-state index contributed by atoms with van der Waals surface area (Å²) in [5.41, 5.74) is 8.08. The monoisotopic (exact) mass is 326 g/mol. The lowest BCUT2D eigenvalue weighted by Gasteiger charge is -2.23. The molecule has 1 aliphatic rings. The molecule has 4 nitrogen and oxygen atoms in total. The molecule has 1 fully saturated rings. The highest BCUT2D eigenvalue weighted by molar-refractivity contribution is 9.10. The maximum atomic E-state index is 12.7. The third-order valence-corrected chi connectivity index (χ3v) is 3.89. The molecule has 0 aromatic heterocycles. The van der Waals surface area contributed by atoms with Gasteiger partial charge in [-0.05, 0) is 37.5 Å². The summed E-state index contributed by atoms with van der Waals surface area (Å²) < 4.78 is 5.92. The van der Waals surface area contributed by atoms with Gasteiger partial charge in [0.15, 0.2) is 0 Å². The normalized spacial score (nSPS) is 14.5. The maximum Gasteiger partial charge on any atom is 0.254 e. The summed E-state index contributed by atoms with van der Waals surface area (Å²) in [7, 11) is 1.65. The molecular formula is C14H19BrN2O2. The predicted molar refractivity (Wildman–Crippen MR) is 79.2 cm³/mol. The Balaban J connectivity index is 2.26. The van der Waals surface area contributed by atoms with Crippen LogP contribution in [-0.2, 0) is 4.74 Å². The topological polar surface area (TPSA) is 55.6 Å². The van der Waals surface area contributed by atoms with E-state index in [1.165, 1.54) is 0 Å². The second-order valence-corrected chi connectivity index (χ2v) is 5.81. The summed E-state index contributed by atoms with van der Waals surface area (Å²) in [6, 6.07) is 4.03. The summed E-state index contributed by atoms with van der Waals surface area (Å²) >= 11 is 3.39. The lowest BCUT2D eigenvalue weighted by Crippen LogP contribution is -2.36. The number of amides is 1. The largest absolute Gasteiger partial charge is 0.398 e. The zero-order valence-electron chi connectivity index (χ0n) is 11.3. The Morgan fingerprint density at radius 2 is 2.21 bits per heavy atom. The molecule has 0 saturated heterocycles. The minimum atomic E-state index is 0.0463. The van der Waals surface area contributed by atoms with Crippen molar-refractivity contribution < 1.29 is 9.53 Å². The standard InChI is InChI=1S/C14H19BrN2O2/c1-9-12(7-10(15)8-13(9)16)14(18)17(5-6-19-2)11-3-4-11/h7-8,11H,3-6,16H2,1-2H3. The molecule has 104 valence electrons. The number of methoxy groups -OCH3 is 1. The van der Waals surface area contributed by atoms with E-state index in [-0.39, 0.29) is 5.91 Å². The molecule has 0 aliphatic heterocycles. The number of hydrogen-bond acceptors (Lipinski definition) is 3. The number of hydrogen-bond donors (Lipinski definition) is 1. The number of benzene rings is 1. The molecule has 19 heavy (non-hydrogen) atoms. The number of ether oxygens (including phenoxy) is 1. The van der Waals surface area contributed by atoms with Gasteiger partial charge in [-0.2, -0.15) is 0 Å². The summed E-state index contributed by atoms with van der Waals surface area (Å²) in [5, 5.41) is 0. The van der Waals surface area contributed by atoms with Crippen LogP contribution in [0.4, 0.5) is 5.69 Å². The van der Waals surface area contributed by atoms with Crippen molar-refractivity contribution in [3.05, 3.63) is 27.7 Å². The molecule has 0 spiro atoms. The van der Waals surface area contributed by atoms with Crippen LogP contribution in [0.1, 0.15) is 28.8 Å². The summed E-state index contributed by atoms with van der Waals surface area (Å²) in [4.78, 5) is 14.6. The van der Waals surface area contributed by atoms with Crippen molar-refractivity contribution in [2.24, 2.45) is 0 Å². The van der Waals surface area contributed by atoms with Gasteiger partial charge in [-0.15, -0.1) is 0 Å². The van der Waals surface area contributed by atoms with E-state index in [2.05, 4.69) is 15.9 Å². The Morgan fingerprint density at radius 3 is 2.79 bits per heavy atom. The van der Waals surface area contributed by atoms with Gasteiger partial charge in [0.05, 0.1) is 6.61 Å². The Morgan fingerprint density at radius 1 is 1.53 bits per heavy atom. The van der Waals surface area contributed by atoms with E-state index in [4.69, 9.17) is 10.5 Å². The highest BCUT2D eigenvalue weighted by Gasteiger charge is 2.33. The average Bonchev–Trinajstić information content (AvgIpc) is 3.18. The number of nitrogens with zero attached hydrogens (tertiary/aromatic N) is 1. The number of carbonyl (C=O) groups is 1. The molecule has 0 atom stereocenters. The Kier molecular flexibility index (Phi) is 4.47. The molecule has 5 heteroatoms. The molecule has 0 radical (unpaired) electrons. The van der Waals surface area contributed by atoms with Gasteiger partial charge in [-0.1, -0.05) is 15.9 Å². The highest BCUT2D eigenvalue weighted by Crippen LogP contribution is 2.30. The highest BCUT2D eigenvalue weighted by atomic mass is 79.9. The molecule has 2 rings (SSSR count). The molecule has 1 aromatic carbocycles. The summed E-state index contributed by atoms with van der Waals surface area (Å²) in [6.45, 7) is 3.08. The Hall–Kier alpha value is -1.07. The molecule has 0 heterocycles. The number of rotatable bonds is 5. The fourth-order valence-electron chi connectivity index (χ4n) is 2.10. The third kappa shape index (κ3) is 3.28. The van der Waals surface area contributed by atoms with Crippen molar-refractivity contribution in [3.63, 3.8) is 0 Å². The van der Waals surface area contributed by atoms with Crippen LogP contribution in [0.2, 0.25) is 0 Å². The zero-order chi connectivity index (χ0) is 14.0. The van der Waals surface area contributed by atoms with Crippen LogP contribution in [0.3, 0.4) is 0 Å². The molecule has 1 amide bonds. The molecule has 1 aromatic rings. The van der Waals surface area contributed by atoms with E-state index in [1.807, 2.05) is 24.0 Å². The second kappa shape index (κ2) is 5.92. The molecule has 1 saturated carbocycles. The van der Waals surface area contributed by atoms with Crippen LogP contribution in [0.15, 0.2) is 16.6 Å². The fraction of sp³-hybridized carbons (Fsp3) is 0.500. The van der Waals surface area contributed by atoms with E-state index in [0.29, 0.717) is 30.4 Å². The van der Waals surface area contributed by atoms with E-state index in [0.717, 1.165) is 22.9 Å². The quantitative estimate of drug-likeness (QED) is 0.846. The maximum absolute atomic E-state index is 12.7. The fourth-order valence-corrected chi connectivity index (χ4v) is 2.58. The van der Waals surface area contributed by atoms with Crippen LogP contribution in [0.25, 0.3) is 0 Å². The Labute approximate surface area is 122 Å². The smallest absolute Gasteiger partial charge is 0.254 e. The SMILES string of the molecule is COCCN(C(=O)c1cc(Br)cc(N)c1C)C1CC1. The van der Waals surface area contributed by atoms with E-state index in [1.54, 1.807) is 7.11 Å². The lowest BCUT2D eigenvalue weighted by molar-refractivity contribution is 0.0679.